The summed E-state index contributed by atoms with van der Waals surface area (Å²) in [4.78, 5) is 89.7. The Morgan fingerprint density at radius 2 is 1.17 bits per heavy atom. The van der Waals surface area contributed by atoms with E-state index in [-0.39, 0.29) is 66.5 Å². The Morgan fingerprint density at radius 1 is 0.651 bits per heavy atom. The van der Waals surface area contributed by atoms with Crippen LogP contribution in [0.3, 0.4) is 0 Å². The molecule has 0 aliphatic carbocycles. The van der Waals surface area contributed by atoms with Crippen LogP contribution in [-0.2, 0) is 33.5 Å². The van der Waals surface area contributed by atoms with Crippen LogP contribution in [0.2, 0.25) is 0 Å². The Morgan fingerprint density at radius 3 is 1.63 bits per heavy atom. The zero-order chi connectivity index (χ0) is 48.7. The average molecular weight is 882 g/mol. The Kier molecular flexibility index (Phi) is 27.1. The molecule has 14 nitrogen and oxygen atoms in total. The van der Waals surface area contributed by atoms with Crippen molar-refractivity contribution in [2.45, 2.75) is 137 Å². The number of carbonyl (C=O) groups is 6. The molecular weight excluding hydrogens is 799 g/mol. The van der Waals surface area contributed by atoms with Crippen molar-refractivity contribution in [3.8, 4) is 0 Å². The number of ether oxygens (including phenoxy) is 1. The monoisotopic (exact) mass is 882 g/mol. The maximum absolute atomic E-state index is 14.8. The van der Waals surface area contributed by atoms with E-state index in [1.807, 2.05) is 61.5 Å². The highest BCUT2D eigenvalue weighted by Gasteiger charge is 2.39. The van der Waals surface area contributed by atoms with Crippen LogP contribution in [0.1, 0.15) is 100 Å². The highest BCUT2D eigenvalue weighted by atomic mass is 16.5. The van der Waals surface area contributed by atoms with E-state index in [4.69, 9.17) is 4.74 Å². The molecule has 0 aliphatic heterocycles. The lowest BCUT2D eigenvalue weighted by Gasteiger charge is -2.38. The smallest absolute Gasteiger partial charge is 0.247 e. The summed E-state index contributed by atoms with van der Waals surface area (Å²) in [5, 5.41) is 8.49. The number of allylic oxidation sites excluding steroid dienone is 7. The Balaban J connectivity index is 6.92. The predicted molar refractivity (Wildman–Crippen MR) is 255 cm³/mol. The third-order valence-corrected chi connectivity index (χ3v) is 11.3. The molecule has 6 amide bonds. The second kappa shape index (κ2) is 29.4. The first kappa shape index (κ1) is 58.0. The lowest BCUT2D eigenvalue weighted by atomic mass is 9.96. The van der Waals surface area contributed by atoms with Crippen molar-refractivity contribution < 1.29 is 33.5 Å². The summed E-state index contributed by atoms with van der Waals surface area (Å²) in [5.74, 6) is -2.33. The number of likely N-dealkylation sites (N-methyl/N-ethyl adjacent to an activating group) is 5. The van der Waals surface area contributed by atoms with E-state index in [0.29, 0.717) is 31.3 Å². The summed E-state index contributed by atoms with van der Waals surface area (Å²) in [6.45, 7) is 26.9. The van der Waals surface area contributed by atoms with Crippen LogP contribution in [0, 0.1) is 17.8 Å². The molecule has 0 aliphatic rings. The molecule has 0 aromatic carbocycles. The maximum Gasteiger partial charge on any atom is 0.247 e. The van der Waals surface area contributed by atoms with E-state index >= 15 is 0 Å². The van der Waals surface area contributed by atoms with Gasteiger partial charge in [0.05, 0.1) is 13.2 Å². The predicted octanol–water partition coefficient (Wildman–Crippen LogP) is 5.79. The quantitative estimate of drug-likeness (QED) is 0.0484. The van der Waals surface area contributed by atoms with Gasteiger partial charge in [0.25, 0.3) is 0 Å². The second-order valence-corrected chi connectivity index (χ2v) is 17.7. The number of nitrogens with zero attached hydrogens (tertiary/aromatic N) is 4. The highest BCUT2D eigenvalue weighted by Crippen LogP contribution is 2.22. The molecule has 6 atom stereocenters. The van der Waals surface area contributed by atoms with E-state index in [9.17, 15) is 28.8 Å². The van der Waals surface area contributed by atoms with Crippen LogP contribution in [-0.4, -0.2) is 141 Å². The van der Waals surface area contributed by atoms with Gasteiger partial charge in [0.1, 0.15) is 29.9 Å². The number of rotatable bonds is 29. The minimum absolute atomic E-state index is 0.00257. The molecule has 1 unspecified atom stereocenters. The van der Waals surface area contributed by atoms with E-state index in [1.54, 1.807) is 69.3 Å². The van der Waals surface area contributed by atoms with Crippen molar-refractivity contribution in [3.63, 3.8) is 0 Å². The van der Waals surface area contributed by atoms with Gasteiger partial charge in [0.15, 0.2) is 0 Å². The molecule has 3 N–H and O–H groups in total. The molecule has 0 heterocycles. The van der Waals surface area contributed by atoms with Crippen LogP contribution < -0.4 is 16.0 Å². The van der Waals surface area contributed by atoms with Gasteiger partial charge < -0.3 is 35.4 Å². The van der Waals surface area contributed by atoms with Crippen molar-refractivity contribution in [3.05, 3.63) is 73.1 Å². The zero-order valence-electron chi connectivity index (χ0n) is 41.4. The summed E-state index contributed by atoms with van der Waals surface area (Å²) < 4.78 is 5.38. The third kappa shape index (κ3) is 19.5. The van der Waals surface area contributed by atoms with Crippen molar-refractivity contribution >= 4 is 35.4 Å². The molecule has 356 valence electrons. The number of nitrogens with one attached hydrogen (secondary N) is 3. The topological polar surface area (TPSA) is 161 Å². The van der Waals surface area contributed by atoms with Crippen molar-refractivity contribution in [1.29, 1.82) is 0 Å². The first-order valence-corrected chi connectivity index (χ1v) is 22.3. The van der Waals surface area contributed by atoms with Crippen LogP contribution >= 0.6 is 0 Å². The first-order chi connectivity index (χ1) is 29.4. The molecule has 63 heavy (non-hydrogen) atoms. The molecule has 0 bridgehead atoms. The van der Waals surface area contributed by atoms with Gasteiger partial charge >= 0.3 is 0 Å². The summed E-state index contributed by atoms with van der Waals surface area (Å²) in [6, 6.07) is -4.49. The van der Waals surface area contributed by atoms with Gasteiger partial charge in [-0.2, -0.15) is 0 Å². The Hall–Kier alpha value is -4.98. The van der Waals surface area contributed by atoms with Crippen molar-refractivity contribution in [1.82, 2.24) is 35.6 Å². The molecule has 0 radical (unpaired) electrons. The fourth-order valence-corrected chi connectivity index (χ4v) is 7.12. The van der Waals surface area contributed by atoms with Crippen LogP contribution in [0.4, 0.5) is 0 Å². The summed E-state index contributed by atoms with van der Waals surface area (Å²) in [5.41, 5.74) is 1.66. The third-order valence-electron chi connectivity index (χ3n) is 11.3. The van der Waals surface area contributed by atoms with E-state index in [1.165, 1.54) is 30.0 Å². The maximum atomic E-state index is 14.8. The van der Waals surface area contributed by atoms with Gasteiger partial charge in [-0.3, -0.25) is 33.7 Å². The molecular formula is C49H83N7O7. The van der Waals surface area contributed by atoms with E-state index < -0.39 is 47.9 Å². The summed E-state index contributed by atoms with van der Waals surface area (Å²) >= 11 is 0. The molecule has 0 aromatic heterocycles. The van der Waals surface area contributed by atoms with Gasteiger partial charge in [0.2, 0.25) is 35.4 Å². The first-order valence-electron chi connectivity index (χ1n) is 22.3. The van der Waals surface area contributed by atoms with Gasteiger partial charge in [-0.15, -0.1) is 0 Å². The van der Waals surface area contributed by atoms with Crippen LogP contribution in [0.25, 0.3) is 0 Å². The fourth-order valence-electron chi connectivity index (χ4n) is 7.12. The van der Waals surface area contributed by atoms with Crippen molar-refractivity contribution in [2.75, 3.05) is 49.4 Å². The normalized spacial score (nSPS) is 15.1. The molecule has 0 aromatic rings. The highest BCUT2D eigenvalue weighted by molar-refractivity contribution is 5.96. The number of amides is 6. The van der Waals surface area contributed by atoms with Gasteiger partial charge in [-0.1, -0.05) is 92.5 Å². The average Bonchev–Trinajstić information content (AvgIpc) is 3.23. The van der Waals surface area contributed by atoms with Gasteiger partial charge in [-0.25, -0.2) is 0 Å². The van der Waals surface area contributed by atoms with Crippen LogP contribution in [0.15, 0.2) is 73.1 Å². The minimum atomic E-state index is -1.05. The molecule has 0 saturated carbocycles. The zero-order valence-corrected chi connectivity index (χ0v) is 41.4. The summed E-state index contributed by atoms with van der Waals surface area (Å²) in [6.07, 6.45) is 12.8. The second-order valence-electron chi connectivity index (χ2n) is 17.7. The van der Waals surface area contributed by atoms with Crippen LogP contribution in [0.5, 0.6) is 0 Å². The van der Waals surface area contributed by atoms with Crippen molar-refractivity contribution in [2.24, 2.45) is 17.8 Å². The Bertz CT molecular complexity index is 1650. The number of hydrogen-bond acceptors (Lipinski definition) is 8. The van der Waals surface area contributed by atoms with Gasteiger partial charge in [-0.05, 0) is 101 Å². The molecule has 0 saturated heterocycles. The number of carbonyl (C=O) groups excluding carboxylic acids is 6. The number of hydrogen-bond donors (Lipinski definition) is 3. The minimum Gasteiger partial charge on any atom is -0.497 e. The van der Waals surface area contributed by atoms with E-state index in [0.717, 1.165) is 5.57 Å². The number of methoxy groups -OCH3 is 1. The molecule has 14 heteroatoms. The lowest BCUT2D eigenvalue weighted by molar-refractivity contribution is -0.150. The SMILES string of the molecule is C=C/C=C(\C=C)CC[C@@H](C)N(C)C(=O)C(NC(=O)[C@H](CC(C)C)N(C)C(=O)[C@H](CC(C)C)N(C)C(=O)[C@H](CC/C(C=C)=C/C(=C/C(=O)NC)OC)NC(=O)[C@H](CC)N(C)C)C(C)C. The van der Waals surface area contributed by atoms with Gasteiger partial charge in [0, 0.05) is 40.3 Å². The molecule has 0 fully saturated rings. The fraction of sp³-hybridized carbons (Fsp3) is 0.633. The standard InChI is InChI=1S/C49H83N7O7/c1-19-23-36(20-2)25-24-35(11)54(15)49(62)44(34(9)10)52-46(59)41(28-32(5)6)55(16)48(61)42(29-33(7)8)56(17)47(60)39(51-45(58)40(22-4)53(13)14)27-26-37(21-3)30-38(63-18)31-43(57)50-12/h19-21,23,30-35,39-42,44H,1-3,22,24-29H2,4-18H3,(H,50,57)(H,51,58)(H,52,59)/b36-23+,37-30+,38-31-/t35-,39+,40+,41+,42+,44?/m1/s1. The molecule has 0 rings (SSSR count). The Labute approximate surface area is 380 Å². The largest absolute Gasteiger partial charge is 0.497 e. The molecule has 0 spiro atoms. The lowest BCUT2D eigenvalue weighted by Crippen LogP contribution is -2.60. The summed E-state index contributed by atoms with van der Waals surface area (Å²) in [7, 11) is 11.4. The van der Waals surface area contributed by atoms with E-state index in [2.05, 4.69) is 35.7 Å².